The van der Waals surface area contributed by atoms with Gasteiger partial charge in [-0.3, -0.25) is 0 Å². The highest BCUT2D eigenvalue weighted by Gasteiger charge is 2.28. The second kappa shape index (κ2) is 7.48. The number of hydrogen-bond donors (Lipinski definition) is 0. The average Bonchev–Trinajstić information content (AvgIpc) is 3.15. The van der Waals surface area contributed by atoms with Crippen LogP contribution in [0.3, 0.4) is 0 Å². The molecular weight excluding hydrogens is 332 g/mol. The van der Waals surface area contributed by atoms with Gasteiger partial charge in [0.25, 0.3) is 0 Å². The molecular formula is C25H26O2. The molecule has 0 bridgehead atoms. The molecule has 0 spiro atoms. The van der Waals surface area contributed by atoms with Gasteiger partial charge in [0.1, 0.15) is 0 Å². The van der Waals surface area contributed by atoms with Gasteiger partial charge in [-0.25, -0.2) is 0 Å². The van der Waals surface area contributed by atoms with E-state index in [2.05, 4.69) is 80.6 Å². The maximum Gasteiger partial charge on any atom is 0.231 e. The Morgan fingerprint density at radius 3 is 2.33 bits per heavy atom. The second-order valence-electron chi connectivity index (χ2n) is 7.78. The topological polar surface area (TPSA) is 18.5 Å². The van der Waals surface area contributed by atoms with E-state index in [-0.39, 0.29) is 5.41 Å². The maximum absolute atomic E-state index is 5.58. The lowest BCUT2D eigenvalue weighted by molar-refractivity contribution is 0.174. The van der Waals surface area contributed by atoms with E-state index in [4.69, 9.17) is 9.47 Å². The van der Waals surface area contributed by atoms with Gasteiger partial charge in [0.15, 0.2) is 11.5 Å². The zero-order valence-corrected chi connectivity index (χ0v) is 16.1. The van der Waals surface area contributed by atoms with Crippen molar-refractivity contribution in [2.24, 2.45) is 0 Å². The lowest BCUT2D eigenvalue weighted by Gasteiger charge is -2.31. The molecule has 1 heterocycles. The molecule has 0 amide bonds. The Balaban J connectivity index is 1.61. The third kappa shape index (κ3) is 4.00. The van der Waals surface area contributed by atoms with Crippen molar-refractivity contribution in [3.8, 4) is 11.5 Å². The summed E-state index contributed by atoms with van der Waals surface area (Å²) in [7, 11) is 0. The summed E-state index contributed by atoms with van der Waals surface area (Å²) in [5.74, 6) is 1.71. The fraction of sp³-hybridized carbons (Fsp3) is 0.280. The van der Waals surface area contributed by atoms with E-state index in [0.29, 0.717) is 6.79 Å². The molecule has 0 fully saturated rings. The fourth-order valence-corrected chi connectivity index (χ4v) is 3.86. The van der Waals surface area contributed by atoms with Crippen molar-refractivity contribution in [2.45, 2.75) is 38.5 Å². The van der Waals surface area contributed by atoms with Gasteiger partial charge in [-0.2, -0.15) is 0 Å². The molecule has 138 valence electrons. The summed E-state index contributed by atoms with van der Waals surface area (Å²) in [6, 6.07) is 26.1. The summed E-state index contributed by atoms with van der Waals surface area (Å²) in [4.78, 5) is 0. The first kappa shape index (κ1) is 17.7. The first-order valence-electron chi connectivity index (χ1n) is 9.62. The van der Waals surface area contributed by atoms with Crippen LogP contribution in [0, 0.1) is 6.92 Å². The Bertz CT molecular complexity index is 899. The molecule has 0 aromatic heterocycles. The number of ether oxygens (including phenoxy) is 2. The highest BCUT2D eigenvalue weighted by atomic mass is 16.7. The van der Waals surface area contributed by atoms with Gasteiger partial charge in [0.2, 0.25) is 6.79 Å². The summed E-state index contributed by atoms with van der Waals surface area (Å²) in [5.41, 5.74) is 5.42. The predicted molar refractivity (Wildman–Crippen MR) is 110 cm³/mol. The lowest BCUT2D eigenvalue weighted by atomic mass is 9.73. The van der Waals surface area contributed by atoms with E-state index in [0.717, 1.165) is 30.8 Å². The minimum Gasteiger partial charge on any atom is -0.454 e. The maximum atomic E-state index is 5.58. The highest BCUT2D eigenvalue weighted by Crippen LogP contribution is 2.37. The third-order valence-corrected chi connectivity index (χ3v) is 5.59. The normalized spacial score (nSPS) is 14.7. The van der Waals surface area contributed by atoms with Crippen LogP contribution in [0.5, 0.6) is 11.5 Å². The first-order chi connectivity index (χ1) is 13.1. The van der Waals surface area contributed by atoms with Crippen LogP contribution in [0.2, 0.25) is 0 Å². The number of fused-ring (bicyclic) bond motifs is 1. The largest absolute Gasteiger partial charge is 0.454 e. The van der Waals surface area contributed by atoms with Crippen LogP contribution in [0.15, 0.2) is 72.8 Å². The van der Waals surface area contributed by atoms with Gasteiger partial charge in [-0.05, 0) is 60.4 Å². The lowest BCUT2D eigenvalue weighted by Crippen LogP contribution is -2.26. The molecule has 1 aliphatic rings. The predicted octanol–water partition coefficient (Wildman–Crippen LogP) is 5.86. The van der Waals surface area contributed by atoms with Gasteiger partial charge in [0.05, 0.1) is 0 Å². The summed E-state index contributed by atoms with van der Waals surface area (Å²) in [6.07, 6.45) is 3.13. The van der Waals surface area contributed by atoms with Gasteiger partial charge in [-0.15, -0.1) is 0 Å². The van der Waals surface area contributed by atoms with Crippen molar-refractivity contribution in [2.75, 3.05) is 6.79 Å². The van der Waals surface area contributed by atoms with Crippen LogP contribution in [-0.2, 0) is 18.3 Å². The van der Waals surface area contributed by atoms with Crippen LogP contribution >= 0.6 is 0 Å². The molecule has 0 saturated carbocycles. The number of benzene rings is 3. The minimum absolute atomic E-state index is 0.0528. The van der Waals surface area contributed by atoms with Gasteiger partial charge in [-0.1, -0.05) is 73.2 Å². The smallest absolute Gasteiger partial charge is 0.231 e. The zero-order valence-electron chi connectivity index (χ0n) is 16.1. The molecule has 27 heavy (non-hydrogen) atoms. The number of aryl methyl sites for hydroxylation is 2. The Kier molecular flexibility index (Phi) is 4.89. The summed E-state index contributed by atoms with van der Waals surface area (Å²) < 4.78 is 11.0. The van der Waals surface area contributed by atoms with Gasteiger partial charge in [0, 0.05) is 0 Å². The molecule has 0 saturated heterocycles. The van der Waals surface area contributed by atoms with Crippen LogP contribution < -0.4 is 9.47 Å². The molecule has 4 rings (SSSR count). The number of rotatable bonds is 6. The Hall–Kier alpha value is -2.74. The van der Waals surface area contributed by atoms with Crippen LogP contribution in [-0.4, -0.2) is 6.79 Å². The monoisotopic (exact) mass is 358 g/mol. The minimum atomic E-state index is 0.0528. The number of hydrogen-bond acceptors (Lipinski definition) is 2. The van der Waals surface area contributed by atoms with E-state index in [1.165, 1.54) is 22.3 Å². The highest BCUT2D eigenvalue weighted by molar-refractivity contribution is 5.45. The van der Waals surface area contributed by atoms with E-state index in [1.54, 1.807) is 0 Å². The molecule has 2 heteroatoms. The van der Waals surface area contributed by atoms with Crippen molar-refractivity contribution in [3.63, 3.8) is 0 Å². The van der Waals surface area contributed by atoms with E-state index in [9.17, 15) is 0 Å². The Morgan fingerprint density at radius 2 is 1.56 bits per heavy atom. The quantitative estimate of drug-likeness (QED) is 0.550. The Labute approximate surface area is 161 Å². The summed E-state index contributed by atoms with van der Waals surface area (Å²) >= 11 is 0. The van der Waals surface area contributed by atoms with E-state index in [1.807, 2.05) is 6.07 Å². The summed E-state index contributed by atoms with van der Waals surface area (Å²) in [5, 5.41) is 0. The summed E-state index contributed by atoms with van der Waals surface area (Å²) in [6.45, 7) is 4.84. The van der Waals surface area contributed by atoms with E-state index < -0.39 is 0 Å². The molecule has 1 atom stereocenters. The van der Waals surface area contributed by atoms with Crippen molar-refractivity contribution in [1.29, 1.82) is 0 Å². The SMILES string of the molecule is Cc1ccc(C(C)(CCc2ccccc2)Cc2ccc3c(c2)OCO3)cc1. The van der Waals surface area contributed by atoms with Crippen LogP contribution in [0.25, 0.3) is 0 Å². The van der Waals surface area contributed by atoms with Crippen LogP contribution in [0.1, 0.15) is 35.6 Å². The van der Waals surface area contributed by atoms with E-state index >= 15 is 0 Å². The average molecular weight is 358 g/mol. The van der Waals surface area contributed by atoms with Gasteiger partial charge >= 0.3 is 0 Å². The molecule has 3 aromatic carbocycles. The molecule has 3 aromatic rings. The molecule has 2 nitrogen and oxygen atoms in total. The van der Waals surface area contributed by atoms with Crippen molar-refractivity contribution in [3.05, 3.63) is 95.1 Å². The molecule has 1 unspecified atom stereocenters. The van der Waals surface area contributed by atoms with Gasteiger partial charge < -0.3 is 9.47 Å². The second-order valence-corrected chi connectivity index (χ2v) is 7.78. The zero-order chi connectivity index (χ0) is 18.7. The van der Waals surface area contributed by atoms with Crippen LogP contribution in [0.4, 0.5) is 0 Å². The van der Waals surface area contributed by atoms with Crippen molar-refractivity contribution in [1.82, 2.24) is 0 Å². The van der Waals surface area contributed by atoms with Crippen molar-refractivity contribution >= 4 is 0 Å². The molecule has 0 aliphatic carbocycles. The molecule has 0 radical (unpaired) electrons. The molecule has 0 N–H and O–H groups in total. The van der Waals surface area contributed by atoms with Crippen molar-refractivity contribution < 1.29 is 9.47 Å². The first-order valence-corrected chi connectivity index (χ1v) is 9.62. The molecule has 1 aliphatic heterocycles. The fourth-order valence-electron chi connectivity index (χ4n) is 3.86. The Morgan fingerprint density at radius 1 is 0.815 bits per heavy atom. The third-order valence-electron chi connectivity index (χ3n) is 5.59. The standard InChI is InChI=1S/C25H26O2/c1-19-8-11-22(12-9-19)25(2,15-14-20-6-4-3-5-7-20)17-21-10-13-23-24(16-21)27-18-26-23/h3-13,16H,14-15,17-18H2,1-2H3.